The summed E-state index contributed by atoms with van der Waals surface area (Å²) in [6, 6.07) is 0. The van der Waals surface area contributed by atoms with Crippen LogP contribution in [-0.4, -0.2) is 33.7 Å². The standard InChI is InChI=1S/C3H9O3STe.FH/c1-6-7(4,5)8(2)3;/h1-3H3;1H/q+1;/p-1. The van der Waals surface area contributed by atoms with Gasteiger partial charge in [0.25, 0.3) is 0 Å². The molecule has 0 bridgehead atoms. The Bertz CT molecular complexity index is 152. The van der Waals surface area contributed by atoms with Gasteiger partial charge in [0, 0.05) is 0 Å². The van der Waals surface area contributed by atoms with Crippen LogP contribution >= 0.6 is 0 Å². The molecule has 0 radical (unpaired) electrons. The van der Waals surface area contributed by atoms with Gasteiger partial charge in [-0.15, -0.1) is 0 Å². The first kappa shape index (κ1) is 12.3. The van der Waals surface area contributed by atoms with E-state index < -0.39 is 25.5 Å². The zero-order chi connectivity index (χ0) is 6.78. The van der Waals surface area contributed by atoms with Crippen LogP contribution in [0.4, 0.5) is 0 Å². The Labute approximate surface area is 60.0 Å². The quantitative estimate of drug-likeness (QED) is 0.511. The molecule has 0 spiro atoms. The molecule has 0 saturated heterocycles. The molecule has 0 aromatic rings. The maximum atomic E-state index is 10.6. The van der Waals surface area contributed by atoms with Gasteiger partial charge in [-0.25, -0.2) is 0 Å². The van der Waals surface area contributed by atoms with E-state index in [4.69, 9.17) is 0 Å². The smallest absolute Gasteiger partial charge is 1.00 e. The molecule has 9 heavy (non-hydrogen) atoms. The number of halogens is 1. The predicted octanol–water partition coefficient (Wildman–Crippen LogP) is -2.78. The van der Waals surface area contributed by atoms with Crippen LogP contribution in [0.2, 0.25) is 9.94 Å². The van der Waals surface area contributed by atoms with E-state index in [9.17, 15) is 8.42 Å². The van der Waals surface area contributed by atoms with E-state index in [0.717, 1.165) is 0 Å². The molecule has 0 saturated carbocycles. The minimum Gasteiger partial charge on any atom is -1.00 e. The van der Waals surface area contributed by atoms with Crippen LogP contribution in [0.15, 0.2) is 0 Å². The van der Waals surface area contributed by atoms with Crippen LogP contribution in [0.3, 0.4) is 0 Å². The van der Waals surface area contributed by atoms with Crippen molar-refractivity contribution in [2.24, 2.45) is 0 Å². The summed E-state index contributed by atoms with van der Waals surface area (Å²) in [6.45, 7) is 0. The summed E-state index contributed by atoms with van der Waals surface area (Å²) in [5.41, 5.74) is 0. The number of hydrogen-bond acceptors (Lipinski definition) is 3. The maximum Gasteiger partial charge on any atom is -1.00 e. The van der Waals surface area contributed by atoms with Gasteiger partial charge in [0.05, 0.1) is 0 Å². The van der Waals surface area contributed by atoms with Crippen LogP contribution in [-0.2, 0) is 11.5 Å². The van der Waals surface area contributed by atoms with E-state index in [2.05, 4.69) is 4.18 Å². The molecule has 0 N–H and O–H groups in total. The molecule has 3 nitrogen and oxygen atoms in total. The minimum atomic E-state index is -3.07. The van der Waals surface area contributed by atoms with Gasteiger partial charge in [-0.1, -0.05) is 0 Å². The summed E-state index contributed by atoms with van der Waals surface area (Å²) in [4.78, 5) is 3.48. The molecule has 0 unspecified atom stereocenters. The molecule has 0 aromatic carbocycles. The SMILES string of the molecule is COS(=O)(=O)[Te+](C)C.[F-]. The van der Waals surface area contributed by atoms with Gasteiger partial charge in [0.1, 0.15) is 0 Å². The van der Waals surface area contributed by atoms with Crippen molar-refractivity contribution < 1.29 is 17.3 Å². The normalized spacial score (nSPS) is 11.1. The third kappa shape index (κ3) is 4.09. The molecule has 0 aromatic heterocycles. The first-order valence-corrected chi connectivity index (χ1v) is 10.7. The topological polar surface area (TPSA) is 43.4 Å². The van der Waals surface area contributed by atoms with E-state index in [1.54, 1.807) is 9.94 Å². The molecule has 58 valence electrons. The monoisotopic (exact) mass is 274 g/mol. The molecule has 0 aliphatic heterocycles. The van der Waals surface area contributed by atoms with Crippen LogP contribution in [0.25, 0.3) is 0 Å². The van der Waals surface area contributed by atoms with Crippen molar-refractivity contribution in [2.75, 3.05) is 7.11 Å². The summed E-state index contributed by atoms with van der Waals surface area (Å²) in [5.74, 6) is 0. The molecule has 0 aliphatic carbocycles. The zero-order valence-corrected chi connectivity index (χ0v) is 8.57. The first-order chi connectivity index (χ1) is 3.50. The van der Waals surface area contributed by atoms with E-state index in [1.807, 2.05) is 0 Å². The molecule has 0 rings (SSSR count). The van der Waals surface area contributed by atoms with E-state index in [0.29, 0.717) is 0 Å². The fourth-order valence-corrected chi connectivity index (χ4v) is 2.74. The van der Waals surface area contributed by atoms with Crippen molar-refractivity contribution in [3.63, 3.8) is 0 Å². The summed E-state index contributed by atoms with van der Waals surface area (Å²) in [5, 5.41) is 0. The average Bonchev–Trinajstić information content (AvgIpc) is 1.67. The van der Waals surface area contributed by atoms with E-state index >= 15 is 0 Å². The van der Waals surface area contributed by atoms with Gasteiger partial charge in [0.2, 0.25) is 0 Å². The molecule has 0 heterocycles. The van der Waals surface area contributed by atoms with Crippen LogP contribution < -0.4 is 4.70 Å². The molecule has 6 heteroatoms. The maximum absolute atomic E-state index is 10.6. The molecule has 0 amide bonds. The summed E-state index contributed by atoms with van der Waals surface area (Å²) < 4.78 is 25.4. The average molecular weight is 272 g/mol. The van der Waals surface area contributed by atoms with Crippen molar-refractivity contribution >= 4 is 25.5 Å². The fourth-order valence-electron chi connectivity index (χ4n) is 0.136. The van der Waals surface area contributed by atoms with Crippen LogP contribution in [0.1, 0.15) is 0 Å². The second-order valence-electron chi connectivity index (χ2n) is 1.32. The third-order valence-corrected chi connectivity index (χ3v) is 9.99. The molecular weight excluding hydrogens is 263 g/mol. The number of hydrogen-bond donors (Lipinski definition) is 0. The first-order valence-electron chi connectivity index (χ1n) is 1.89. The van der Waals surface area contributed by atoms with Crippen molar-refractivity contribution in [3.05, 3.63) is 0 Å². The fraction of sp³-hybridized carbons (Fsp3) is 1.00. The van der Waals surface area contributed by atoms with Gasteiger partial charge in [-0.2, -0.15) is 0 Å². The third-order valence-electron chi connectivity index (χ3n) is 0.612. The van der Waals surface area contributed by atoms with Gasteiger partial charge in [0.15, 0.2) is 0 Å². The molecule has 0 aliphatic rings. The van der Waals surface area contributed by atoms with E-state index in [-0.39, 0.29) is 4.70 Å². The molecular formula is C3H9FO3STe. The Hall–Kier alpha value is 0.630. The Kier molecular flexibility index (Phi) is 6.09. The second-order valence-corrected chi connectivity index (χ2v) is 14.7. The zero-order valence-electron chi connectivity index (χ0n) is 5.42. The van der Waals surface area contributed by atoms with Gasteiger partial charge in [-0.05, 0) is 0 Å². The Balaban J connectivity index is 0. The predicted molar refractivity (Wildman–Crippen MR) is 33.4 cm³/mol. The van der Waals surface area contributed by atoms with Crippen molar-refractivity contribution in [1.29, 1.82) is 0 Å². The van der Waals surface area contributed by atoms with Crippen LogP contribution in [0.5, 0.6) is 0 Å². The molecule has 0 fully saturated rings. The molecule has 0 atom stereocenters. The summed E-state index contributed by atoms with van der Waals surface area (Å²) >= 11 is -1.90. The minimum absolute atomic E-state index is 0. The van der Waals surface area contributed by atoms with Gasteiger partial charge in [-0.3, -0.25) is 0 Å². The summed E-state index contributed by atoms with van der Waals surface area (Å²) in [6.07, 6.45) is 0. The Morgan fingerprint density at radius 1 is 1.33 bits per heavy atom. The van der Waals surface area contributed by atoms with Crippen molar-refractivity contribution in [1.82, 2.24) is 0 Å². The Morgan fingerprint density at radius 2 is 1.67 bits per heavy atom. The number of rotatable bonds is 2. The van der Waals surface area contributed by atoms with Crippen molar-refractivity contribution in [3.8, 4) is 0 Å². The van der Waals surface area contributed by atoms with E-state index in [1.165, 1.54) is 7.11 Å². The van der Waals surface area contributed by atoms with Crippen LogP contribution in [0, 0.1) is 0 Å². The Morgan fingerprint density at radius 3 is 1.67 bits per heavy atom. The second kappa shape index (κ2) is 4.45. The largest absolute Gasteiger partial charge is 1.00 e. The summed E-state index contributed by atoms with van der Waals surface area (Å²) in [7, 11) is -1.86. The van der Waals surface area contributed by atoms with Gasteiger partial charge < -0.3 is 4.70 Å². The van der Waals surface area contributed by atoms with Crippen molar-refractivity contribution in [2.45, 2.75) is 9.94 Å². The van der Waals surface area contributed by atoms with Gasteiger partial charge >= 0.3 is 55.2 Å².